The Kier molecular flexibility index (Phi) is 7.19. The molecule has 1 saturated carbocycles. The van der Waals surface area contributed by atoms with Crippen LogP contribution in [-0.4, -0.2) is 54.2 Å². The number of nitrogens with one attached hydrogen (secondary N) is 1. The Morgan fingerprint density at radius 1 is 1.11 bits per heavy atom. The summed E-state index contributed by atoms with van der Waals surface area (Å²) < 4.78 is 31.4. The van der Waals surface area contributed by atoms with E-state index < -0.39 is 26.9 Å². The molecule has 3 heterocycles. The van der Waals surface area contributed by atoms with Gasteiger partial charge in [-0.2, -0.15) is 0 Å². The van der Waals surface area contributed by atoms with Crippen LogP contribution in [0.3, 0.4) is 0 Å². The first-order valence-electron chi connectivity index (χ1n) is 12.4. The highest BCUT2D eigenvalue weighted by Crippen LogP contribution is 2.45. The molecule has 1 atom stereocenters. The molecule has 5 rings (SSSR count). The van der Waals surface area contributed by atoms with E-state index in [4.69, 9.17) is 4.42 Å². The first-order valence-corrected chi connectivity index (χ1v) is 14.8. The van der Waals surface area contributed by atoms with Gasteiger partial charge >= 0.3 is 0 Å². The Balaban J connectivity index is 1.46. The minimum absolute atomic E-state index is 0.00817. The molecule has 0 radical (unpaired) electrons. The van der Waals surface area contributed by atoms with Gasteiger partial charge in [-0.25, -0.2) is 18.9 Å². The van der Waals surface area contributed by atoms with E-state index >= 15 is 0 Å². The van der Waals surface area contributed by atoms with Crippen molar-refractivity contribution in [2.24, 2.45) is 5.92 Å². The van der Waals surface area contributed by atoms with Crippen molar-refractivity contribution < 1.29 is 27.6 Å². The van der Waals surface area contributed by atoms with Gasteiger partial charge in [0.2, 0.25) is 11.8 Å². The number of oxazole rings is 1. The highest BCUT2D eigenvalue weighted by Gasteiger charge is 2.50. The summed E-state index contributed by atoms with van der Waals surface area (Å²) in [6, 6.07) is 11.2. The molecule has 37 heavy (non-hydrogen) atoms. The SMILES string of the molecule is O=C(C[C@]1(c2ccc(-c3ccc(-c4cnco4)cc3)s2)CCN(C(=O)C2CCCC2)CCS1(=O)=O)NO. The number of hydrogen-bond acceptors (Lipinski definition) is 8. The number of amides is 2. The normalized spacial score (nSPS) is 22.0. The molecule has 2 aromatic heterocycles. The molecule has 1 aliphatic heterocycles. The summed E-state index contributed by atoms with van der Waals surface area (Å²) in [7, 11) is -3.85. The van der Waals surface area contributed by atoms with E-state index in [0.29, 0.717) is 10.6 Å². The number of thiophene rings is 1. The molecule has 3 aromatic rings. The number of hydrogen-bond donors (Lipinski definition) is 2. The van der Waals surface area contributed by atoms with Crippen LogP contribution in [-0.2, 0) is 24.2 Å². The summed E-state index contributed by atoms with van der Waals surface area (Å²) in [5.74, 6) is -0.402. The van der Waals surface area contributed by atoms with Crippen molar-refractivity contribution >= 4 is 33.0 Å². The van der Waals surface area contributed by atoms with Crippen molar-refractivity contribution in [2.45, 2.75) is 43.3 Å². The molecule has 2 aliphatic rings. The lowest BCUT2D eigenvalue weighted by atomic mass is 9.96. The van der Waals surface area contributed by atoms with Gasteiger partial charge in [0.25, 0.3) is 0 Å². The zero-order chi connectivity index (χ0) is 26.0. The smallest absolute Gasteiger partial charge is 0.245 e. The van der Waals surface area contributed by atoms with Crippen molar-refractivity contribution in [3.63, 3.8) is 0 Å². The summed E-state index contributed by atoms with van der Waals surface area (Å²) in [4.78, 5) is 32.5. The standard InChI is InChI=1S/C26H29N3O6S2/c30-24(28-32)15-26(11-12-29(13-14-37(26,33)34)25(31)20-3-1-2-4-20)23-10-9-22(36-23)19-7-5-18(6-8-19)21-16-27-17-35-21/h5-10,16-17,20,32H,1-4,11-15H2,(H,28,30)/t26-/m0/s1. The van der Waals surface area contributed by atoms with Gasteiger partial charge in [0.1, 0.15) is 4.75 Å². The molecule has 0 unspecified atom stereocenters. The van der Waals surface area contributed by atoms with Crippen LogP contribution in [0.5, 0.6) is 0 Å². The minimum Gasteiger partial charge on any atom is -0.444 e. The van der Waals surface area contributed by atoms with Crippen LogP contribution < -0.4 is 5.48 Å². The second kappa shape index (κ2) is 10.4. The van der Waals surface area contributed by atoms with Crippen LogP contribution in [0.25, 0.3) is 21.8 Å². The first kappa shape index (κ1) is 25.6. The van der Waals surface area contributed by atoms with Crippen molar-refractivity contribution in [3.05, 3.63) is 53.9 Å². The fourth-order valence-corrected chi connectivity index (χ4v) is 9.02. The third-order valence-corrected chi connectivity index (χ3v) is 11.5. The summed E-state index contributed by atoms with van der Waals surface area (Å²) in [6.07, 6.45) is 6.37. The van der Waals surface area contributed by atoms with Crippen LogP contribution >= 0.6 is 11.3 Å². The van der Waals surface area contributed by atoms with Crippen LogP contribution in [0, 0.1) is 5.92 Å². The van der Waals surface area contributed by atoms with Crippen LogP contribution in [0.2, 0.25) is 0 Å². The zero-order valence-electron chi connectivity index (χ0n) is 20.3. The van der Waals surface area contributed by atoms with Gasteiger partial charge in [-0.15, -0.1) is 11.3 Å². The van der Waals surface area contributed by atoms with E-state index in [0.717, 1.165) is 41.7 Å². The second-order valence-electron chi connectivity index (χ2n) is 9.69. The molecule has 0 bridgehead atoms. The van der Waals surface area contributed by atoms with Gasteiger partial charge in [0.05, 0.1) is 18.4 Å². The van der Waals surface area contributed by atoms with Gasteiger partial charge < -0.3 is 9.32 Å². The van der Waals surface area contributed by atoms with E-state index in [1.54, 1.807) is 22.6 Å². The minimum atomic E-state index is -3.85. The van der Waals surface area contributed by atoms with Crippen molar-refractivity contribution in [1.29, 1.82) is 0 Å². The average Bonchev–Trinajstić information content (AvgIpc) is 3.69. The molecule has 1 aromatic carbocycles. The highest BCUT2D eigenvalue weighted by molar-refractivity contribution is 7.92. The third kappa shape index (κ3) is 4.95. The largest absolute Gasteiger partial charge is 0.444 e. The van der Waals surface area contributed by atoms with Crippen LogP contribution in [0.4, 0.5) is 0 Å². The molecular formula is C26H29N3O6S2. The number of sulfone groups is 1. The molecular weight excluding hydrogens is 514 g/mol. The summed E-state index contributed by atoms with van der Waals surface area (Å²) >= 11 is 1.31. The first-order chi connectivity index (χ1) is 17.8. The number of carbonyl (C=O) groups is 2. The van der Waals surface area contributed by atoms with Gasteiger partial charge in [-0.3, -0.25) is 14.8 Å². The Morgan fingerprint density at radius 3 is 2.51 bits per heavy atom. The monoisotopic (exact) mass is 543 g/mol. The number of carbonyl (C=O) groups excluding carboxylic acids is 2. The molecule has 11 heteroatoms. The lowest BCUT2D eigenvalue weighted by molar-refractivity contribution is -0.135. The highest BCUT2D eigenvalue weighted by atomic mass is 32.2. The maximum atomic E-state index is 13.8. The van der Waals surface area contributed by atoms with Gasteiger partial charge in [0.15, 0.2) is 22.0 Å². The molecule has 9 nitrogen and oxygen atoms in total. The number of benzene rings is 1. The van der Waals surface area contributed by atoms with Crippen LogP contribution in [0.1, 0.15) is 43.4 Å². The topological polar surface area (TPSA) is 130 Å². The predicted octanol–water partition coefficient (Wildman–Crippen LogP) is 4.00. The van der Waals surface area contributed by atoms with E-state index in [1.807, 2.05) is 30.3 Å². The summed E-state index contributed by atoms with van der Waals surface area (Å²) in [5.41, 5.74) is 3.37. The second-order valence-corrected chi connectivity index (χ2v) is 13.2. The Hall–Kier alpha value is -3.02. The fraction of sp³-hybridized carbons (Fsp3) is 0.423. The van der Waals surface area contributed by atoms with E-state index in [2.05, 4.69) is 4.98 Å². The lowest BCUT2D eigenvalue weighted by Crippen LogP contribution is -2.41. The Labute approximate surface area is 219 Å². The molecule has 196 valence electrons. The van der Waals surface area contributed by atoms with E-state index in [-0.39, 0.29) is 37.1 Å². The van der Waals surface area contributed by atoms with Crippen molar-refractivity contribution in [3.8, 4) is 21.8 Å². The van der Waals surface area contributed by atoms with Crippen LogP contribution in [0.15, 0.2) is 53.4 Å². The maximum absolute atomic E-state index is 13.8. The van der Waals surface area contributed by atoms with Gasteiger partial charge in [-0.05, 0) is 37.0 Å². The zero-order valence-corrected chi connectivity index (χ0v) is 21.9. The van der Waals surface area contributed by atoms with Gasteiger partial charge in [-0.1, -0.05) is 37.1 Å². The number of rotatable bonds is 6. The average molecular weight is 544 g/mol. The van der Waals surface area contributed by atoms with Crippen molar-refractivity contribution in [2.75, 3.05) is 18.8 Å². The lowest BCUT2D eigenvalue weighted by Gasteiger charge is -2.30. The summed E-state index contributed by atoms with van der Waals surface area (Å²) in [5, 5.41) is 9.27. The number of hydroxylamine groups is 1. The van der Waals surface area contributed by atoms with Crippen molar-refractivity contribution in [1.82, 2.24) is 15.4 Å². The molecule has 2 N–H and O–H groups in total. The quantitative estimate of drug-likeness (QED) is 0.355. The molecule has 1 aliphatic carbocycles. The van der Waals surface area contributed by atoms with E-state index in [1.165, 1.54) is 17.7 Å². The Bertz CT molecular complexity index is 1360. The molecule has 2 fully saturated rings. The predicted molar refractivity (Wildman–Crippen MR) is 138 cm³/mol. The van der Waals surface area contributed by atoms with Gasteiger partial charge in [0, 0.05) is 34.3 Å². The molecule has 0 spiro atoms. The Morgan fingerprint density at radius 2 is 1.84 bits per heavy atom. The molecule has 1 saturated heterocycles. The van der Waals surface area contributed by atoms with E-state index in [9.17, 15) is 23.2 Å². The number of nitrogens with zero attached hydrogens (tertiary/aromatic N) is 2. The maximum Gasteiger partial charge on any atom is 0.245 e. The fourth-order valence-electron chi connectivity index (χ4n) is 5.42. The third-order valence-electron chi connectivity index (χ3n) is 7.54. The number of aromatic nitrogens is 1. The molecule has 2 amide bonds. The summed E-state index contributed by atoms with van der Waals surface area (Å²) in [6.45, 7) is 0.355.